The molecule has 6 fully saturated rings. The number of carbonyl (C=O) groups is 6. The maximum absolute atomic E-state index is 13.8. The molecule has 0 bridgehead atoms. The molecule has 4 heterocycles. The van der Waals surface area contributed by atoms with E-state index in [1.54, 1.807) is 9.80 Å². The van der Waals surface area contributed by atoms with Crippen LogP contribution < -0.4 is 11.5 Å². The van der Waals surface area contributed by atoms with Gasteiger partial charge in [0.1, 0.15) is 11.6 Å². The highest BCUT2D eigenvalue weighted by Gasteiger charge is 2.48. The number of hydrogen-bond acceptors (Lipinski definition) is 8. The lowest BCUT2D eigenvalue weighted by atomic mass is 10.0. The number of hydrogen-bond donors (Lipinski definition) is 4. The van der Waals surface area contributed by atoms with Crippen LogP contribution in [-0.4, -0.2) is 129 Å². The van der Waals surface area contributed by atoms with Gasteiger partial charge in [0, 0.05) is 112 Å². The first-order chi connectivity index (χ1) is 30.3. The van der Waals surface area contributed by atoms with Crippen LogP contribution >= 0.6 is 0 Å². The third-order valence-electron chi connectivity index (χ3n) is 12.6. The van der Waals surface area contributed by atoms with Gasteiger partial charge in [-0.2, -0.15) is 0 Å². The highest BCUT2D eigenvalue weighted by atomic mass is 19.2. The van der Waals surface area contributed by atoms with E-state index >= 15 is 0 Å². The Bertz CT molecular complexity index is 2010. The number of halogens is 6. The summed E-state index contributed by atoms with van der Waals surface area (Å²) in [5.41, 5.74) is 11.9. The molecule has 6 N–H and O–H groups in total. The number of nitrogens with zero attached hydrogens (tertiary/aromatic N) is 4. The van der Waals surface area contributed by atoms with E-state index < -0.39 is 58.9 Å². The second kappa shape index (κ2) is 20.6. The molecular formula is C44H52F6N6O8. The molecule has 2 aromatic carbocycles. The monoisotopic (exact) mass is 906 g/mol. The Kier molecular flexibility index (Phi) is 15.4. The third kappa shape index (κ3) is 12.2. The maximum Gasteiger partial charge on any atom is 0.328 e. The van der Waals surface area contributed by atoms with Gasteiger partial charge in [-0.1, -0.05) is 0 Å². The molecule has 4 amide bonds. The summed E-state index contributed by atoms with van der Waals surface area (Å²) in [6.07, 6.45) is 6.57. The summed E-state index contributed by atoms with van der Waals surface area (Å²) in [6.45, 7) is 3.81. The minimum atomic E-state index is -1.26. The van der Waals surface area contributed by atoms with E-state index in [0.717, 1.165) is 50.7 Å². The first-order valence-electron chi connectivity index (χ1n) is 21.4. The lowest BCUT2D eigenvalue weighted by molar-refractivity contribution is -0.135. The van der Waals surface area contributed by atoms with E-state index in [1.165, 1.54) is 0 Å². The Labute approximate surface area is 365 Å². The van der Waals surface area contributed by atoms with Crippen molar-refractivity contribution in [1.29, 1.82) is 0 Å². The quantitative estimate of drug-likeness (QED) is 0.139. The van der Waals surface area contributed by atoms with Gasteiger partial charge in [-0.15, -0.1) is 0 Å². The molecule has 6 atom stereocenters. The topological polar surface area (TPSA) is 208 Å². The minimum Gasteiger partial charge on any atom is -0.478 e. The third-order valence-corrected chi connectivity index (χ3v) is 12.6. The maximum atomic E-state index is 13.8. The normalized spacial score (nSPS) is 23.2. The van der Waals surface area contributed by atoms with E-state index in [0.29, 0.717) is 75.4 Å². The number of rotatable bonds is 12. The van der Waals surface area contributed by atoms with Gasteiger partial charge in [0.25, 0.3) is 0 Å². The predicted octanol–water partition coefficient (Wildman–Crippen LogP) is 3.38. The van der Waals surface area contributed by atoms with Crippen molar-refractivity contribution in [2.45, 2.75) is 88.4 Å². The zero-order chi connectivity index (χ0) is 46.6. The van der Waals surface area contributed by atoms with Crippen LogP contribution in [0.4, 0.5) is 26.3 Å². The van der Waals surface area contributed by atoms with Crippen LogP contribution in [0.15, 0.2) is 36.4 Å². The number of benzene rings is 2. The number of nitrogens with two attached hydrogens (primary N) is 2. The van der Waals surface area contributed by atoms with Crippen LogP contribution in [-0.2, 0) is 41.6 Å². The zero-order valence-corrected chi connectivity index (χ0v) is 35.0. The van der Waals surface area contributed by atoms with Crippen LogP contribution in [0.1, 0.15) is 62.5 Å². The lowest BCUT2D eigenvalue weighted by Gasteiger charge is -2.26. The average molecular weight is 907 g/mol. The van der Waals surface area contributed by atoms with Crippen LogP contribution in [0, 0.1) is 58.6 Å². The molecule has 6 aliphatic rings. The summed E-state index contributed by atoms with van der Waals surface area (Å²) < 4.78 is 80.4. The number of amides is 4. The number of carboxylic acids is 2. The number of aliphatic carboxylic acids is 2. The fourth-order valence-corrected chi connectivity index (χ4v) is 9.05. The van der Waals surface area contributed by atoms with Crippen molar-refractivity contribution in [3.8, 4) is 0 Å². The summed E-state index contributed by atoms with van der Waals surface area (Å²) in [7, 11) is 0. The van der Waals surface area contributed by atoms with E-state index in [1.807, 2.05) is 9.80 Å². The van der Waals surface area contributed by atoms with E-state index in [-0.39, 0.29) is 84.4 Å². The molecule has 348 valence electrons. The molecule has 2 aromatic rings. The molecule has 0 spiro atoms. The fourth-order valence-electron chi connectivity index (χ4n) is 9.05. The molecule has 14 nitrogen and oxygen atoms in total. The van der Waals surface area contributed by atoms with Crippen molar-refractivity contribution >= 4 is 35.6 Å². The zero-order valence-electron chi connectivity index (χ0n) is 35.0. The molecule has 64 heavy (non-hydrogen) atoms. The van der Waals surface area contributed by atoms with Gasteiger partial charge >= 0.3 is 11.9 Å². The Morgan fingerprint density at radius 3 is 1.22 bits per heavy atom. The molecule has 8 rings (SSSR count). The predicted molar refractivity (Wildman–Crippen MR) is 215 cm³/mol. The summed E-state index contributed by atoms with van der Waals surface area (Å²) >= 11 is 0. The Morgan fingerprint density at radius 1 is 0.547 bits per heavy atom. The van der Waals surface area contributed by atoms with Gasteiger partial charge in [0.05, 0.1) is 12.1 Å². The lowest BCUT2D eigenvalue weighted by Crippen LogP contribution is -2.43. The van der Waals surface area contributed by atoms with Crippen molar-refractivity contribution in [3.05, 3.63) is 82.4 Å². The number of carbonyl (C=O) groups excluding carboxylic acids is 4. The number of likely N-dealkylation sites (tertiary alicyclic amines) is 4. The summed E-state index contributed by atoms with van der Waals surface area (Å²) in [4.78, 5) is 76.5. The second-order valence-electron chi connectivity index (χ2n) is 17.5. The summed E-state index contributed by atoms with van der Waals surface area (Å²) in [6, 6.07) is 1.21. The number of carboxylic acid groups (broad SMARTS) is 2. The van der Waals surface area contributed by atoms with Crippen molar-refractivity contribution in [2.75, 3.05) is 39.3 Å². The standard InChI is InChI=1S/2C20H24F3N3O2.C4H4O4/c2*21-15-8-17(23)16(22)6-13(15)5-14(24)7-19(27)26-4-3-12-9-25(10-18(12)26)20(28)11-1-2-11;5-3(6)1-2-4(7)8/h2*6,8,11-12,14,18H,1-5,7,9-10,24H2;1-2H,(H,5,6)(H,7,8)/b;;2-1+/t2*12-,14+,18+;/m00./s1. The summed E-state index contributed by atoms with van der Waals surface area (Å²) in [5.74, 6) is -7.95. The van der Waals surface area contributed by atoms with E-state index in [4.69, 9.17) is 21.7 Å². The van der Waals surface area contributed by atoms with E-state index in [2.05, 4.69) is 0 Å². The van der Waals surface area contributed by atoms with E-state index in [9.17, 15) is 55.1 Å². The van der Waals surface area contributed by atoms with Crippen LogP contribution in [0.25, 0.3) is 0 Å². The second-order valence-corrected chi connectivity index (χ2v) is 17.5. The van der Waals surface area contributed by atoms with Gasteiger partial charge in [-0.25, -0.2) is 35.9 Å². The van der Waals surface area contributed by atoms with Gasteiger partial charge in [-0.3, -0.25) is 19.2 Å². The van der Waals surface area contributed by atoms with Crippen LogP contribution in [0.2, 0.25) is 0 Å². The highest BCUT2D eigenvalue weighted by Crippen LogP contribution is 2.38. The number of fused-ring (bicyclic) bond motifs is 2. The molecular weight excluding hydrogens is 855 g/mol. The first kappa shape index (κ1) is 48.0. The molecule has 2 aliphatic carbocycles. The van der Waals surface area contributed by atoms with Crippen molar-refractivity contribution in [3.63, 3.8) is 0 Å². The molecule has 0 unspecified atom stereocenters. The van der Waals surface area contributed by atoms with Crippen molar-refractivity contribution in [2.24, 2.45) is 35.1 Å². The van der Waals surface area contributed by atoms with Gasteiger partial charge in [-0.05, 0) is 74.6 Å². The molecule has 0 radical (unpaired) electrons. The van der Waals surface area contributed by atoms with Gasteiger partial charge < -0.3 is 41.3 Å². The van der Waals surface area contributed by atoms with Crippen LogP contribution in [0.5, 0.6) is 0 Å². The Balaban J connectivity index is 0.000000182. The SMILES string of the molecule is N[C@@H](CC(=O)N1CC[C@H]2CN(C(=O)C3CC3)C[C@H]21)Cc1cc(F)c(F)cc1F.N[C@@H](CC(=O)N1CC[C@H]2CN(C(=O)C3CC3)C[C@H]21)Cc1cc(F)c(F)cc1F.O=C(O)/C=C/C(=O)O. The smallest absolute Gasteiger partial charge is 0.328 e. The summed E-state index contributed by atoms with van der Waals surface area (Å²) in [5, 5.41) is 15.6. The Hall–Kier alpha value is -5.50. The first-order valence-corrected chi connectivity index (χ1v) is 21.4. The Morgan fingerprint density at radius 2 is 0.891 bits per heavy atom. The van der Waals surface area contributed by atoms with Gasteiger partial charge in [0.15, 0.2) is 23.3 Å². The fraction of sp³-hybridized carbons (Fsp3) is 0.545. The highest BCUT2D eigenvalue weighted by molar-refractivity contribution is 5.89. The van der Waals surface area contributed by atoms with Gasteiger partial charge in [0.2, 0.25) is 23.6 Å². The molecule has 2 saturated carbocycles. The molecule has 20 heteroatoms. The van der Waals surface area contributed by atoms with Crippen LogP contribution in [0.3, 0.4) is 0 Å². The average Bonchev–Trinajstić information content (AvgIpc) is 4.09. The molecule has 0 aromatic heterocycles. The largest absolute Gasteiger partial charge is 0.478 e. The van der Waals surface area contributed by atoms with Crippen molar-refractivity contribution in [1.82, 2.24) is 19.6 Å². The van der Waals surface area contributed by atoms with Crippen molar-refractivity contribution < 1.29 is 65.3 Å². The molecule has 4 aliphatic heterocycles. The minimum absolute atomic E-state index is 0.00176. The molecule has 4 saturated heterocycles.